The third kappa shape index (κ3) is 4.96. The summed E-state index contributed by atoms with van der Waals surface area (Å²) in [6, 6.07) is 4.55. The van der Waals surface area contributed by atoms with Crippen LogP contribution in [0.15, 0.2) is 24.3 Å². The first-order chi connectivity index (χ1) is 16.3. The molecule has 0 bridgehead atoms. The van der Waals surface area contributed by atoms with Gasteiger partial charge in [0.2, 0.25) is 0 Å². The maximum absolute atomic E-state index is 15.0. The van der Waals surface area contributed by atoms with Gasteiger partial charge in [-0.05, 0) is 67.9 Å². The average Bonchev–Trinajstić information content (AvgIpc) is 2.78. The second-order valence-electron chi connectivity index (χ2n) is 9.61. The first kappa shape index (κ1) is 24.3. The molecule has 4 atom stereocenters. The van der Waals surface area contributed by atoms with Crippen molar-refractivity contribution in [2.24, 2.45) is 17.8 Å². The molecule has 2 aliphatic rings. The van der Waals surface area contributed by atoms with Gasteiger partial charge in [-0.15, -0.1) is 0 Å². The van der Waals surface area contributed by atoms with Crippen LogP contribution >= 0.6 is 0 Å². The van der Waals surface area contributed by atoms with Crippen LogP contribution in [-0.2, 0) is 0 Å². The molecule has 0 spiro atoms. The molecule has 2 aliphatic carbocycles. The lowest BCUT2D eigenvalue weighted by molar-refractivity contribution is 0.0732. The highest BCUT2D eigenvalue weighted by Gasteiger charge is 2.37. The van der Waals surface area contributed by atoms with Gasteiger partial charge in [0, 0.05) is 17.7 Å². The van der Waals surface area contributed by atoms with Crippen LogP contribution in [0.1, 0.15) is 85.7 Å². The van der Waals surface area contributed by atoms with E-state index in [0.29, 0.717) is 30.4 Å². The Labute approximate surface area is 196 Å². The topological polar surface area (TPSA) is 50.1 Å². The molecule has 0 aromatic heterocycles. The summed E-state index contributed by atoms with van der Waals surface area (Å²) < 4.78 is 62.4. The Morgan fingerprint density at radius 2 is 1.56 bits per heavy atom. The summed E-state index contributed by atoms with van der Waals surface area (Å²) in [6.07, 6.45) is 8.31. The number of nitriles is 1. The Bertz CT molecular complexity index is 1080. The lowest BCUT2D eigenvalue weighted by atomic mass is 9.63. The number of rotatable bonds is 5. The molecule has 2 aromatic rings. The highest BCUT2D eigenvalue weighted by Crippen LogP contribution is 2.49. The molecule has 0 heterocycles. The molecule has 0 N–H and O–H groups in total. The van der Waals surface area contributed by atoms with Crippen molar-refractivity contribution in [3.05, 3.63) is 64.2 Å². The Balaban J connectivity index is 1.47. The fourth-order valence-electron chi connectivity index (χ4n) is 5.89. The summed E-state index contributed by atoms with van der Waals surface area (Å²) in [6.45, 7) is 2.20. The Morgan fingerprint density at radius 1 is 0.941 bits per heavy atom. The van der Waals surface area contributed by atoms with Gasteiger partial charge in [0.1, 0.15) is 40.7 Å². The van der Waals surface area contributed by atoms with Crippen LogP contribution in [0.25, 0.3) is 0 Å². The molecule has 1 unspecified atom stereocenters. The number of ether oxygens (including phenoxy) is 1. The summed E-state index contributed by atoms with van der Waals surface area (Å²) in [7, 11) is 0. The van der Waals surface area contributed by atoms with E-state index in [0.717, 1.165) is 37.3 Å². The molecule has 2 saturated carbocycles. The molecule has 3 nitrogen and oxygen atoms in total. The lowest BCUT2D eigenvalue weighted by Crippen LogP contribution is -2.31. The summed E-state index contributed by atoms with van der Waals surface area (Å²) in [5.74, 6) is -4.05. The summed E-state index contributed by atoms with van der Waals surface area (Å²) in [5.41, 5.74) is -1.20. The van der Waals surface area contributed by atoms with Crippen LogP contribution in [0, 0.1) is 52.4 Å². The number of carbonyl (C=O) groups excluding carboxylic acids is 1. The van der Waals surface area contributed by atoms with Crippen LogP contribution in [0.3, 0.4) is 0 Å². The van der Waals surface area contributed by atoms with E-state index in [-0.39, 0.29) is 11.5 Å². The number of nitrogens with zero attached hydrogens (tertiary/aromatic N) is 1. The van der Waals surface area contributed by atoms with Crippen molar-refractivity contribution in [2.45, 2.75) is 64.2 Å². The van der Waals surface area contributed by atoms with Gasteiger partial charge in [-0.1, -0.05) is 26.2 Å². The first-order valence-electron chi connectivity index (χ1n) is 11.9. The molecule has 0 amide bonds. The van der Waals surface area contributed by atoms with Crippen molar-refractivity contribution in [1.29, 1.82) is 5.26 Å². The largest absolute Gasteiger partial charge is 0.423 e. The number of hydrogen-bond donors (Lipinski definition) is 0. The van der Waals surface area contributed by atoms with Crippen LogP contribution in [0.2, 0.25) is 0 Å². The lowest BCUT2D eigenvalue weighted by Gasteiger charge is -2.42. The molecule has 34 heavy (non-hydrogen) atoms. The van der Waals surface area contributed by atoms with Gasteiger partial charge in [0.15, 0.2) is 0 Å². The number of halogens is 4. The van der Waals surface area contributed by atoms with Gasteiger partial charge in [-0.3, -0.25) is 0 Å². The SMILES string of the molecule is CCC[C@H]1CC[C@@H]2CC(c3c(F)cc(C(=O)Oc4cc(F)c(C#N)c(F)c4)cc3F)CC[C@H]2C1. The van der Waals surface area contributed by atoms with Crippen LogP contribution in [-0.4, -0.2) is 5.97 Å². The number of carbonyl (C=O) groups is 1. The molecule has 2 aromatic carbocycles. The van der Waals surface area contributed by atoms with Crippen molar-refractivity contribution in [1.82, 2.24) is 0 Å². The minimum absolute atomic E-state index is 0.00106. The van der Waals surface area contributed by atoms with E-state index in [1.807, 2.05) is 0 Å². The predicted molar refractivity (Wildman–Crippen MR) is 118 cm³/mol. The van der Waals surface area contributed by atoms with Crippen molar-refractivity contribution < 1.29 is 27.1 Å². The minimum atomic E-state index is -1.20. The van der Waals surface area contributed by atoms with Gasteiger partial charge in [0.05, 0.1) is 5.56 Å². The molecule has 0 radical (unpaired) electrons. The van der Waals surface area contributed by atoms with E-state index in [4.69, 9.17) is 10.00 Å². The molecule has 2 fully saturated rings. The van der Waals surface area contributed by atoms with Gasteiger partial charge < -0.3 is 4.74 Å². The van der Waals surface area contributed by atoms with E-state index in [2.05, 4.69) is 6.92 Å². The fourth-order valence-corrected chi connectivity index (χ4v) is 5.89. The monoisotopic (exact) mass is 473 g/mol. The van der Waals surface area contributed by atoms with Crippen molar-refractivity contribution in [3.8, 4) is 11.8 Å². The highest BCUT2D eigenvalue weighted by molar-refractivity contribution is 5.91. The fraction of sp³-hybridized carbons (Fsp3) is 0.481. The van der Waals surface area contributed by atoms with Crippen molar-refractivity contribution in [2.75, 3.05) is 0 Å². The third-order valence-electron chi connectivity index (χ3n) is 7.48. The number of benzene rings is 2. The zero-order chi connectivity index (χ0) is 24.4. The smallest absolute Gasteiger partial charge is 0.343 e. The summed E-state index contributed by atoms with van der Waals surface area (Å²) in [5, 5.41) is 8.72. The molecular formula is C27H27F4NO2. The van der Waals surface area contributed by atoms with Crippen LogP contribution < -0.4 is 4.74 Å². The Kier molecular flexibility index (Phi) is 7.25. The zero-order valence-corrected chi connectivity index (χ0v) is 19.1. The van der Waals surface area contributed by atoms with Crippen molar-refractivity contribution in [3.63, 3.8) is 0 Å². The Morgan fingerprint density at radius 3 is 2.18 bits per heavy atom. The minimum Gasteiger partial charge on any atom is -0.423 e. The maximum atomic E-state index is 15.0. The molecular weight excluding hydrogens is 446 g/mol. The summed E-state index contributed by atoms with van der Waals surface area (Å²) in [4.78, 5) is 12.4. The van der Waals surface area contributed by atoms with Gasteiger partial charge in [-0.25, -0.2) is 22.4 Å². The van der Waals surface area contributed by atoms with E-state index < -0.39 is 46.1 Å². The second-order valence-corrected chi connectivity index (χ2v) is 9.61. The molecule has 180 valence electrons. The Hall–Kier alpha value is -2.88. The van der Waals surface area contributed by atoms with Crippen LogP contribution in [0.4, 0.5) is 17.6 Å². The standard InChI is InChI=1S/C27H27F4NO2/c1-2-3-15-4-5-17-9-18(7-6-16(17)8-15)26-24(30)10-19(11-25(26)31)27(33)34-20-12-22(28)21(14-32)23(29)13-20/h10-13,15-18H,2-9H2,1H3/t15-,16-,17+,18?/m0/s1. The van der Waals surface area contributed by atoms with E-state index in [1.54, 1.807) is 0 Å². The molecule has 7 heteroatoms. The average molecular weight is 474 g/mol. The van der Waals surface area contributed by atoms with Gasteiger partial charge in [0.25, 0.3) is 0 Å². The molecule has 0 saturated heterocycles. The molecule has 4 rings (SSSR count). The normalized spacial score (nSPS) is 24.2. The van der Waals surface area contributed by atoms with Gasteiger partial charge >= 0.3 is 5.97 Å². The van der Waals surface area contributed by atoms with Crippen molar-refractivity contribution >= 4 is 5.97 Å². The van der Waals surface area contributed by atoms with E-state index in [9.17, 15) is 13.6 Å². The second kappa shape index (κ2) is 10.2. The maximum Gasteiger partial charge on any atom is 0.343 e. The van der Waals surface area contributed by atoms with Crippen LogP contribution in [0.5, 0.6) is 5.75 Å². The quantitative estimate of drug-likeness (QED) is 0.258. The number of fused-ring (bicyclic) bond motifs is 1. The predicted octanol–water partition coefficient (Wildman–Crippen LogP) is 7.43. The number of esters is 1. The van der Waals surface area contributed by atoms with E-state index in [1.165, 1.54) is 31.8 Å². The zero-order valence-electron chi connectivity index (χ0n) is 19.1. The first-order valence-corrected chi connectivity index (χ1v) is 11.9. The number of hydrogen-bond acceptors (Lipinski definition) is 3. The molecule has 0 aliphatic heterocycles. The van der Waals surface area contributed by atoms with E-state index >= 15 is 8.78 Å². The highest BCUT2D eigenvalue weighted by atomic mass is 19.1. The third-order valence-corrected chi connectivity index (χ3v) is 7.48. The van der Waals surface area contributed by atoms with Gasteiger partial charge in [-0.2, -0.15) is 5.26 Å². The summed E-state index contributed by atoms with van der Waals surface area (Å²) >= 11 is 0.